The van der Waals surface area contributed by atoms with Gasteiger partial charge in [-0.1, -0.05) is 24.3 Å². The molecule has 1 heterocycles. The predicted molar refractivity (Wildman–Crippen MR) is 112 cm³/mol. The first kappa shape index (κ1) is 20.5. The summed E-state index contributed by atoms with van der Waals surface area (Å²) in [5.41, 5.74) is 3.02. The Kier molecular flexibility index (Phi) is 7.30. The summed E-state index contributed by atoms with van der Waals surface area (Å²) in [6.45, 7) is 1.77. The molecule has 0 bridgehead atoms. The van der Waals surface area contributed by atoms with Crippen LogP contribution < -0.4 is 24.3 Å². The summed E-state index contributed by atoms with van der Waals surface area (Å²) in [5.74, 6) is 2.73. The van der Waals surface area contributed by atoms with Crippen LogP contribution >= 0.6 is 0 Å². The normalized spacial score (nSPS) is 10.4. The Morgan fingerprint density at radius 3 is 2.41 bits per heavy atom. The molecule has 0 amide bonds. The quantitative estimate of drug-likeness (QED) is 0.561. The van der Waals surface area contributed by atoms with Gasteiger partial charge in [-0.05, 0) is 35.9 Å². The van der Waals surface area contributed by atoms with Gasteiger partial charge in [0.1, 0.15) is 12.4 Å². The fourth-order valence-electron chi connectivity index (χ4n) is 3.03. The van der Waals surface area contributed by atoms with E-state index in [9.17, 15) is 0 Å². The number of hydrogen-bond donors (Lipinski definition) is 1. The van der Waals surface area contributed by atoms with Crippen LogP contribution in [0.3, 0.4) is 0 Å². The van der Waals surface area contributed by atoms with Crippen LogP contribution in [0, 0.1) is 0 Å². The summed E-state index contributed by atoms with van der Waals surface area (Å²) >= 11 is 0. The van der Waals surface area contributed by atoms with Crippen molar-refractivity contribution in [1.29, 1.82) is 0 Å². The van der Waals surface area contributed by atoms with Gasteiger partial charge in [-0.15, -0.1) is 0 Å². The number of rotatable bonds is 10. The number of ether oxygens (including phenoxy) is 4. The van der Waals surface area contributed by atoms with E-state index in [1.54, 1.807) is 27.5 Å². The van der Waals surface area contributed by atoms with E-state index in [2.05, 4.69) is 16.4 Å². The summed E-state index contributed by atoms with van der Waals surface area (Å²) in [6.07, 6.45) is 1.77. The molecule has 152 valence electrons. The minimum Gasteiger partial charge on any atom is -0.493 e. The van der Waals surface area contributed by atoms with Crippen LogP contribution in [0.15, 0.2) is 60.8 Å². The first-order chi connectivity index (χ1) is 14.2. The fraction of sp³-hybridized carbons (Fsp3) is 0.261. The van der Waals surface area contributed by atoms with E-state index in [1.165, 1.54) is 0 Å². The van der Waals surface area contributed by atoms with Crippen molar-refractivity contribution in [2.75, 3.05) is 21.3 Å². The van der Waals surface area contributed by atoms with Gasteiger partial charge >= 0.3 is 0 Å². The van der Waals surface area contributed by atoms with Crippen LogP contribution in [0.2, 0.25) is 0 Å². The maximum absolute atomic E-state index is 5.85. The van der Waals surface area contributed by atoms with Gasteiger partial charge in [0.15, 0.2) is 11.5 Å². The number of methoxy groups -OCH3 is 3. The maximum atomic E-state index is 5.85. The van der Waals surface area contributed by atoms with E-state index in [-0.39, 0.29) is 0 Å². The third-order valence-electron chi connectivity index (χ3n) is 4.44. The van der Waals surface area contributed by atoms with Crippen molar-refractivity contribution < 1.29 is 18.9 Å². The van der Waals surface area contributed by atoms with E-state index in [4.69, 9.17) is 18.9 Å². The molecule has 0 atom stereocenters. The van der Waals surface area contributed by atoms with Crippen molar-refractivity contribution in [3.8, 4) is 23.0 Å². The SMILES string of the molecule is COc1ccc(CNCc2cccc(OCc3ccccn3)c2)c(OC)c1OC. The van der Waals surface area contributed by atoms with Crippen LogP contribution in [-0.4, -0.2) is 26.3 Å². The second-order valence-corrected chi connectivity index (χ2v) is 6.35. The standard InChI is InChI=1S/C23H26N2O4/c1-26-21-11-10-18(22(27-2)23(21)28-3)15-24-14-17-7-6-9-20(13-17)29-16-19-8-4-5-12-25-19/h4-13,24H,14-16H2,1-3H3. The van der Waals surface area contributed by atoms with E-state index in [1.807, 2.05) is 48.5 Å². The average Bonchev–Trinajstić information content (AvgIpc) is 2.78. The summed E-state index contributed by atoms with van der Waals surface area (Å²) < 4.78 is 22.2. The summed E-state index contributed by atoms with van der Waals surface area (Å²) in [4.78, 5) is 4.27. The molecular weight excluding hydrogens is 368 g/mol. The first-order valence-corrected chi connectivity index (χ1v) is 9.35. The zero-order valence-electron chi connectivity index (χ0n) is 17.0. The minimum atomic E-state index is 0.445. The minimum absolute atomic E-state index is 0.445. The molecule has 1 N–H and O–H groups in total. The number of nitrogens with one attached hydrogen (secondary N) is 1. The molecule has 0 saturated carbocycles. The average molecular weight is 394 g/mol. The van der Waals surface area contributed by atoms with Gasteiger partial charge in [0.05, 0.1) is 27.0 Å². The third-order valence-corrected chi connectivity index (χ3v) is 4.44. The summed E-state index contributed by atoms with van der Waals surface area (Å²) in [5, 5.41) is 3.44. The van der Waals surface area contributed by atoms with Crippen molar-refractivity contribution in [2.45, 2.75) is 19.7 Å². The molecule has 6 nitrogen and oxygen atoms in total. The number of aromatic nitrogens is 1. The maximum Gasteiger partial charge on any atom is 0.203 e. The van der Waals surface area contributed by atoms with Gasteiger partial charge in [0, 0.05) is 24.8 Å². The molecule has 3 rings (SSSR count). The largest absolute Gasteiger partial charge is 0.493 e. The van der Waals surface area contributed by atoms with Crippen LogP contribution in [0.5, 0.6) is 23.0 Å². The molecule has 6 heteroatoms. The lowest BCUT2D eigenvalue weighted by Gasteiger charge is -2.16. The van der Waals surface area contributed by atoms with Gasteiger partial charge < -0.3 is 24.3 Å². The Hall–Kier alpha value is -3.25. The molecule has 0 aliphatic heterocycles. The molecule has 0 saturated heterocycles. The number of pyridine rings is 1. The van der Waals surface area contributed by atoms with Gasteiger partial charge in [-0.2, -0.15) is 0 Å². The second kappa shape index (κ2) is 10.3. The fourth-order valence-corrected chi connectivity index (χ4v) is 3.03. The lowest BCUT2D eigenvalue weighted by molar-refractivity contribution is 0.301. The van der Waals surface area contributed by atoms with Gasteiger partial charge in [0.2, 0.25) is 5.75 Å². The number of hydrogen-bond acceptors (Lipinski definition) is 6. The molecule has 0 aliphatic rings. The topological polar surface area (TPSA) is 61.8 Å². The molecule has 0 fully saturated rings. The molecule has 0 spiro atoms. The Morgan fingerprint density at radius 2 is 1.69 bits per heavy atom. The van der Waals surface area contributed by atoms with Crippen LogP contribution in [0.25, 0.3) is 0 Å². The highest BCUT2D eigenvalue weighted by Gasteiger charge is 2.15. The van der Waals surface area contributed by atoms with Gasteiger partial charge in [-0.25, -0.2) is 0 Å². The first-order valence-electron chi connectivity index (χ1n) is 9.35. The lowest BCUT2D eigenvalue weighted by atomic mass is 10.1. The molecule has 2 aromatic carbocycles. The van der Waals surface area contributed by atoms with E-state index in [0.717, 1.165) is 22.6 Å². The number of nitrogens with zero attached hydrogens (tertiary/aromatic N) is 1. The van der Waals surface area contributed by atoms with E-state index in [0.29, 0.717) is 36.9 Å². The van der Waals surface area contributed by atoms with Crippen molar-refractivity contribution in [3.63, 3.8) is 0 Å². The zero-order chi connectivity index (χ0) is 20.5. The smallest absolute Gasteiger partial charge is 0.203 e. The highest BCUT2D eigenvalue weighted by atomic mass is 16.5. The molecule has 0 aliphatic carbocycles. The molecular formula is C23H26N2O4. The number of benzene rings is 2. The summed E-state index contributed by atoms with van der Waals surface area (Å²) in [6, 6.07) is 17.7. The van der Waals surface area contributed by atoms with Crippen molar-refractivity contribution >= 4 is 0 Å². The lowest BCUT2D eigenvalue weighted by Crippen LogP contribution is -2.14. The molecule has 0 radical (unpaired) electrons. The van der Waals surface area contributed by atoms with Crippen LogP contribution in [-0.2, 0) is 19.7 Å². The Morgan fingerprint density at radius 1 is 0.828 bits per heavy atom. The van der Waals surface area contributed by atoms with Crippen molar-refractivity contribution in [1.82, 2.24) is 10.3 Å². The van der Waals surface area contributed by atoms with E-state index < -0.39 is 0 Å². The zero-order valence-corrected chi connectivity index (χ0v) is 17.0. The van der Waals surface area contributed by atoms with Crippen molar-refractivity contribution in [3.05, 3.63) is 77.6 Å². The van der Waals surface area contributed by atoms with Crippen LogP contribution in [0.1, 0.15) is 16.8 Å². The molecule has 1 aromatic heterocycles. The molecule has 0 unspecified atom stereocenters. The highest BCUT2D eigenvalue weighted by molar-refractivity contribution is 5.55. The van der Waals surface area contributed by atoms with Gasteiger partial charge in [-0.3, -0.25) is 4.98 Å². The Bertz CT molecular complexity index is 916. The monoisotopic (exact) mass is 394 g/mol. The second-order valence-electron chi connectivity index (χ2n) is 6.35. The Balaban J connectivity index is 1.59. The van der Waals surface area contributed by atoms with E-state index >= 15 is 0 Å². The summed E-state index contributed by atoms with van der Waals surface area (Å²) in [7, 11) is 4.84. The van der Waals surface area contributed by atoms with Crippen LogP contribution in [0.4, 0.5) is 0 Å². The predicted octanol–water partition coefficient (Wildman–Crippen LogP) is 3.98. The van der Waals surface area contributed by atoms with Gasteiger partial charge in [0.25, 0.3) is 0 Å². The third kappa shape index (κ3) is 5.39. The molecule has 3 aromatic rings. The Labute approximate surface area is 171 Å². The highest BCUT2D eigenvalue weighted by Crippen LogP contribution is 2.39. The van der Waals surface area contributed by atoms with Crippen molar-refractivity contribution in [2.24, 2.45) is 0 Å². The molecule has 29 heavy (non-hydrogen) atoms.